The molecule has 2 aromatic carbocycles. The summed E-state index contributed by atoms with van der Waals surface area (Å²) in [6.45, 7) is 0. The molecule has 3 aromatic rings. The molecule has 0 spiro atoms. The van der Waals surface area contributed by atoms with Gasteiger partial charge < -0.3 is 14.8 Å². The minimum atomic E-state index is -0.849. The second kappa shape index (κ2) is 7.74. The van der Waals surface area contributed by atoms with Gasteiger partial charge in [0.2, 0.25) is 5.95 Å². The SMILES string of the molecule is COC(=O)C1=C(C(=O)c2ccc(F)cc2)[C@@H](c2cccc(OC)c2)n2nnnc2N1. The largest absolute Gasteiger partial charge is 0.497 e. The Hall–Kier alpha value is -4.08. The van der Waals surface area contributed by atoms with Crippen LogP contribution in [0.25, 0.3) is 0 Å². The normalized spacial score (nSPS) is 15.2. The van der Waals surface area contributed by atoms with Gasteiger partial charge in [0.05, 0.1) is 19.8 Å². The van der Waals surface area contributed by atoms with E-state index in [1.807, 2.05) is 0 Å². The van der Waals surface area contributed by atoms with Gasteiger partial charge in [-0.1, -0.05) is 17.2 Å². The number of hydrogen-bond donors (Lipinski definition) is 1. The number of methoxy groups -OCH3 is 2. The highest BCUT2D eigenvalue weighted by molar-refractivity contribution is 6.14. The summed E-state index contributed by atoms with van der Waals surface area (Å²) in [4.78, 5) is 26.0. The minimum Gasteiger partial charge on any atom is -0.497 e. The number of Topliss-reactive ketones (excluding diaryl/α,β-unsaturated/α-hetero) is 1. The van der Waals surface area contributed by atoms with E-state index in [1.54, 1.807) is 24.3 Å². The lowest BCUT2D eigenvalue weighted by Crippen LogP contribution is -2.33. The van der Waals surface area contributed by atoms with Gasteiger partial charge in [0.25, 0.3) is 0 Å². The molecule has 0 aliphatic carbocycles. The maximum atomic E-state index is 13.5. The van der Waals surface area contributed by atoms with Crippen molar-refractivity contribution in [2.75, 3.05) is 19.5 Å². The number of allylic oxidation sites excluding steroid dienone is 1. The van der Waals surface area contributed by atoms with Gasteiger partial charge in [0.15, 0.2) is 5.78 Å². The number of ether oxygens (including phenoxy) is 2. The molecule has 0 fully saturated rings. The molecule has 152 valence electrons. The topological polar surface area (TPSA) is 108 Å². The van der Waals surface area contributed by atoms with E-state index in [0.29, 0.717) is 11.3 Å². The number of carbonyl (C=O) groups excluding carboxylic acids is 2. The second-order valence-electron chi connectivity index (χ2n) is 6.37. The molecule has 0 bridgehead atoms. The molecule has 0 amide bonds. The number of halogens is 1. The number of fused-ring (bicyclic) bond motifs is 1. The number of rotatable bonds is 5. The molecule has 30 heavy (non-hydrogen) atoms. The number of esters is 1. The lowest BCUT2D eigenvalue weighted by atomic mass is 9.89. The van der Waals surface area contributed by atoms with E-state index >= 15 is 0 Å². The van der Waals surface area contributed by atoms with Crippen LogP contribution in [0.3, 0.4) is 0 Å². The lowest BCUT2D eigenvalue weighted by Gasteiger charge is -2.28. The summed E-state index contributed by atoms with van der Waals surface area (Å²) in [7, 11) is 2.72. The molecule has 10 heteroatoms. The zero-order valence-electron chi connectivity index (χ0n) is 16.0. The average molecular weight is 409 g/mol. The van der Waals surface area contributed by atoms with Crippen LogP contribution in [0.15, 0.2) is 59.8 Å². The molecule has 1 aliphatic rings. The fraction of sp³-hybridized carbons (Fsp3) is 0.150. The predicted molar refractivity (Wildman–Crippen MR) is 102 cm³/mol. The first-order valence-corrected chi connectivity index (χ1v) is 8.85. The number of carbonyl (C=O) groups is 2. The third-order valence-electron chi connectivity index (χ3n) is 4.67. The Morgan fingerprint density at radius 1 is 1.13 bits per heavy atom. The highest BCUT2D eigenvalue weighted by atomic mass is 19.1. The Labute approximate surface area is 170 Å². The summed E-state index contributed by atoms with van der Waals surface area (Å²) in [5.74, 6) is -1.03. The summed E-state index contributed by atoms with van der Waals surface area (Å²) in [5.41, 5.74) is 0.763. The van der Waals surface area contributed by atoms with Crippen molar-refractivity contribution in [2.45, 2.75) is 6.04 Å². The molecule has 1 aliphatic heterocycles. The van der Waals surface area contributed by atoms with Gasteiger partial charge in [0.1, 0.15) is 23.3 Å². The van der Waals surface area contributed by atoms with E-state index in [1.165, 1.54) is 43.2 Å². The molecule has 1 N–H and O–H groups in total. The molecule has 9 nitrogen and oxygen atoms in total. The number of hydrogen-bond acceptors (Lipinski definition) is 8. The molecule has 0 unspecified atom stereocenters. The highest BCUT2D eigenvalue weighted by Gasteiger charge is 2.38. The van der Waals surface area contributed by atoms with Crippen molar-refractivity contribution in [1.29, 1.82) is 0 Å². The maximum Gasteiger partial charge on any atom is 0.355 e. The van der Waals surface area contributed by atoms with E-state index in [2.05, 4.69) is 20.8 Å². The Morgan fingerprint density at radius 2 is 1.90 bits per heavy atom. The highest BCUT2D eigenvalue weighted by Crippen LogP contribution is 2.37. The van der Waals surface area contributed by atoms with Gasteiger partial charge in [0, 0.05) is 5.56 Å². The minimum absolute atomic E-state index is 0.0570. The number of ketones is 1. The quantitative estimate of drug-likeness (QED) is 0.504. The van der Waals surface area contributed by atoms with Crippen molar-refractivity contribution in [3.05, 3.63) is 76.7 Å². The molecule has 0 saturated heterocycles. The molecular formula is C20H16FN5O4. The smallest absolute Gasteiger partial charge is 0.355 e. The zero-order chi connectivity index (χ0) is 21.3. The van der Waals surface area contributed by atoms with Crippen LogP contribution in [0.2, 0.25) is 0 Å². The second-order valence-corrected chi connectivity index (χ2v) is 6.37. The number of anilines is 1. The zero-order valence-corrected chi connectivity index (χ0v) is 16.0. The molecule has 1 aromatic heterocycles. The number of benzene rings is 2. The van der Waals surface area contributed by atoms with Crippen molar-refractivity contribution in [3.8, 4) is 5.75 Å². The first-order chi connectivity index (χ1) is 14.5. The molecule has 1 atom stereocenters. The number of nitrogens with one attached hydrogen (secondary N) is 1. The van der Waals surface area contributed by atoms with E-state index in [0.717, 1.165) is 0 Å². The van der Waals surface area contributed by atoms with Crippen LogP contribution in [0.5, 0.6) is 5.75 Å². The van der Waals surface area contributed by atoms with Gasteiger partial charge in [-0.25, -0.2) is 9.18 Å². The van der Waals surface area contributed by atoms with Crippen molar-refractivity contribution in [1.82, 2.24) is 20.2 Å². The van der Waals surface area contributed by atoms with Crippen molar-refractivity contribution >= 4 is 17.7 Å². The van der Waals surface area contributed by atoms with Crippen molar-refractivity contribution < 1.29 is 23.5 Å². The van der Waals surface area contributed by atoms with E-state index in [4.69, 9.17) is 9.47 Å². The van der Waals surface area contributed by atoms with Gasteiger partial charge in [-0.15, -0.1) is 0 Å². The average Bonchev–Trinajstić information content (AvgIpc) is 3.25. The maximum absolute atomic E-state index is 13.5. The fourth-order valence-corrected chi connectivity index (χ4v) is 3.26. The van der Waals surface area contributed by atoms with E-state index in [9.17, 15) is 14.0 Å². The fourth-order valence-electron chi connectivity index (χ4n) is 3.26. The lowest BCUT2D eigenvalue weighted by molar-refractivity contribution is -0.136. The third kappa shape index (κ3) is 3.28. The first-order valence-electron chi connectivity index (χ1n) is 8.85. The van der Waals surface area contributed by atoms with Crippen molar-refractivity contribution in [2.24, 2.45) is 0 Å². The Kier molecular flexibility index (Phi) is 4.97. The van der Waals surface area contributed by atoms with Crippen LogP contribution in [0.4, 0.5) is 10.3 Å². The molecule has 2 heterocycles. The number of tetrazole rings is 1. The van der Waals surface area contributed by atoms with E-state index < -0.39 is 23.6 Å². The Bertz CT molecular complexity index is 1160. The number of aromatic nitrogens is 4. The monoisotopic (exact) mass is 409 g/mol. The Balaban J connectivity index is 1.95. The van der Waals surface area contributed by atoms with Gasteiger partial charge in [-0.05, 0) is 52.4 Å². The van der Waals surface area contributed by atoms with Crippen LogP contribution < -0.4 is 10.1 Å². The van der Waals surface area contributed by atoms with Crippen LogP contribution in [0, 0.1) is 5.82 Å². The molecule has 0 radical (unpaired) electrons. The molecular weight excluding hydrogens is 393 g/mol. The van der Waals surface area contributed by atoms with Gasteiger partial charge >= 0.3 is 5.97 Å². The van der Waals surface area contributed by atoms with Crippen LogP contribution >= 0.6 is 0 Å². The predicted octanol–water partition coefficient (Wildman–Crippen LogP) is 2.15. The number of nitrogens with zero attached hydrogens (tertiary/aromatic N) is 4. The van der Waals surface area contributed by atoms with Gasteiger partial charge in [-0.3, -0.25) is 4.79 Å². The Morgan fingerprint density at radius 3 is 2.60 bits per heavy atom. The van der Waals surface area contributed by atoms with Crippen LogP contribution in [-0.2, 0) is 9.53 Å². The molecule has 4 rings (SSSR count). The molecule has 0 saturated carbocycles. The summed E-state index contributed by atoms with van der Waals surface area (Å²) in [6.07, 6.45) is 0. The summed E-state index contributed by atoms with van der Waals surface area (Å²) < 4.78 is 24.9. The van der Waals surface area contributed by atoms with Crippen molar-refractivity contribution in [3.63, 3.8) is 0 Å². The van der Waals surface area contributed by atoms with Crippen LogP contribution in [-0.4, -0.2) is 46.2 Å². The van der Waals surface area contributed by atoms with Crippen LogP contribution in [0.1, 0.15) is 22.0 Å². The standard InChI is InChI=1S/C20H16FN5O4/c1-29-14-5-3-4-12(10-14)17-15(18(27)11-6-8-13(21)9-7-11)16(19(28)30-2)22-20-23-24-25-26(17)20/h3-10,17H,1-2H3,(H,22,23,25)/t17-/m1/s1. The van der Waals surface area contributed by atoms with Gasteiger partial charge in [-0.2, -0.15) is 4.68 Å². The first kappa shape index (κ1) is 19.2. The third-order valence-corrected chi connectivity index (χ3v) is 4.67. The summed E-state index contributed by atoms with van der Waals surface area (Å²) >= 11 is 0. The summed E-state index contributed by atoms with van der Waals surface area (Å²) in [6, 6.07) is 11.2. The summed E-state index contributed by atoms with van der Waals surface area (Å²) in [5, 5.41) is 14.3. The van der Waals surface area contributed by atoms with E-state index in [-0.39, 0.29) is 22.8 Å².